The highest BCUT2D eigenvalue weighted by molar-refractivity contribution is 9.10. The molecule has 25 heavy (non-hydrogen) atoms. The van der Waals surface area contributed by atoms with Gasteiger partial charge in [0.05, 0.1) is 23.4 Å². The van der Waals surface area contributed by atoms with Crippen molar-refractivity contribution in [2.75, 3.05) is 7.11 Å². The molecule has 1 aromatic carbocycles. The molecule has 130 valence electrons. The molecule has 5 nitrogen and oxygen atoms in total. The van der Waals surface area contributed by atoms with Crippen molar-refractivity contribution >= 4 is 44.5 Å². The van der Waals surface area contributed by atoms with E-state index in [1.54, 1.807) is 0 Å². The predicted molar refractivity (Wildman–Crippen MR) is 101 cm³/mol. The molecule has 0 aliphatic rings. The van der Waals surface area contributed by atoms with Gasteiger partial charge in [0.15, 0.2) is 0 Å². The Morgan fingerprint density at radius 3 is 2.80 bits per heavy atom. The number of H-pyrrole nitrogens is 1. The SMILES string of the molecule is CCc1[nH]c2nc(Cc3cccc(CC(=O)OC)c3)nc(Cl)c2c1Br. The zero-order chi connectivity index (χ0) is 18.0. The Hall–Kier alpha value is -1.92. The van der Waals surface area contributed by atoms with Crippen LogP contribution in [-0.4, -0.2) is 28.0 Å². The number of rotatable bonds is 5. The second-order valence-corrected chi connectivity index (χ2v) is 6.83. The van der Waals surface area contributed by atoms with E-state index >= 15 is 0 Å². The monoisotopic (exact) mass is 421 g/mol. The van der Waals surface area contributed by atoms with Crippen LogP contribution < -0.4 is 0 Å². The summed E-state index contributed by atoms with van der Waals surface area (Å²) < 4.78 is 5.63. The highest BCUT2D eigenvalue weighted by Crippen LogP contribution is 2.32. The number of fused-ring (bicyclic) bond motifs is 1. The van der Waals surface area contributed by atoms with E-state index in [1.165, 1.54) is 7.11 Å². The number of methoxy groups -OCH3 is 1. The summed E-state index contributed by atoms with van der Waals surface area (Å²) in [6.07, 6.45) is 1.62. The van der Waals surface area contributed by atoms with E-state index in [0.717, 1.165) is 38.7 Å². The van der Waals surface area contributed by atoms with Crippen LogP contribution in [0.25, 0.3) is 11.0 Å². The van der Waals surface area contributed by atoms with Crippen LogP contribution >= 0.6 is 27.5 Å². The maximum atomic E-state index is 11.4. The molecule has 0 fully saturated rings. The van der Waals surface area contributed by atoms with Gasteiger partial charge in [0.2, 0.25) is 0 Å². The highest BCUT2D eigenvalue weighted by Gasteiger charge is 2.15. The van der Waals surface area contributed by atoms with Crippen molar-refractivity contribution in [3.8, 4) is 0 Å². The number of carbonyl (C=O) groups excluding carboxylic acids is 1. The number of carbonyl (C=O) groups is 1. The third-order valence-corrected chi connectivity index (χ3v) is 5.10. The molecule has 0 radical (unpaired) electrons. The van der Waals surface area contributed by atoms with Gasteiger partial charge in [-0.25, -0.2) is 9.97 Å². The van der Waals surface area contributed by atoms with Gasteiger partial charge in [-0.3, -0.25) is 4.79 Å². The zero-order valence-electron chi connectivity index (χ0n) is 13.9. The average Bonchev–Trinajstić information content (AvgIpc) is 2.91. The van der Waals surface area contributed by atoms with E-state index in [-0.39, 0.29) is 12.4 Å². The minimum Gasteiger partial charge on any atom is -0.469 e. The number of aromatic amines is 1. The van der Waals surface area contributed by atoms with E-state index in [9.17, 15) is 4.79 Å². The second-order valence-electron chi connectivity index (χ2n) is 5.67. The van der Waals surface area contributed by atoms with E-state index in [2.05, 4.69) is 37.8 Å². The standard InChI is InChI=1S/C18H17BrClN3O2/c1-3-12-16(19)15-17(20)22-13(23-18(15)21-12)8-10-5-4-6-11(7-10)9-14(24)25-2/h4-7H,3,8-9H2,1-2H3,(H,21,22,23). The molecule has 0 unspecified atom stereocenters. The molecule has 7 heteroatoms. The van der Waals surface area contributed by atoms with Crippen LogP contribution in [0, 0.1) is 0 Å². The number of hydrogen-bond acceptors (Lipinski definition) is 4. The second kappa shape index (κ2) is 7.54. The van der Waals surface area contributed by atoms with E-state index in [4.69, 9.17) is 16.3 Å². The Morgan fingerprint density at radius 2 is 2.08 bits per heavy atom. The van der Waals surface area contributed by atoms with Gasteiger partial charge in [0.1, 0.15) is 16.6 Å². The lowest BCUT2D eigenvalue weighted by Gasteiger charge is -2.05. The largest absolute Gasteiger partial charge is 0.469 e. The van der Waals surface area contributed by atoms with Gasteiger partial charge < -0.3 is 9.72 Å². The van der Waals surface area contributed by atoms with Crippen molar-refractivity contribution in [1.82, 2.24) is 15.0 Å². The van der Waals surface area contributed by atoms with Crippen molar-refractivity contribution in [3.63, 3.8) is 0 Å². The fraction of sp³-hybridized carbons (Fsp3) is 0.278. The minimum atomic E-state index is -0.263. The number of benzene rings is 1. The van der Waals surface area contributed by atoms with E-state index in [0.29, 0.717) is 17.4 Å². The molecule has 0 spiro atoms. The van der Waals surface area contributed by atoms with Gasteiger partial charge >= 0.3 is 5.97 Å². The Kier molecular flexibility index (Phi) is 5.39. The molecule has 0 aliphatic carbocycles. The van der Waals surface area contributed by atoms with Crippen molar-refractivity contribution in [3.05, 3.63) is 56.5 Å². The molecular formula is C18H17BrClN3O2. The van der Waals surface area contributed by atoms with Gasteiger partial charge in [-0.2, -0.15) is 0 Å². The lowest BCUT2D eigenvalue weighted by molar-refractivity contribution is -0.139. The van der Waals surface area contributed by atoms with Crippen molar-refractivity contribution in [1.29, 1.82) is 0 Å². The Morgan fingerprint density at radius 1 is 1.32 bits per heavy atom. The molecule has 0 saturated heterocycles. The number of aromatic nitrogens is 3. The van der Waals surface area contributed by atoms with Gasteiger partial charge in [-0.05, 0) is 33.5 Å². The number of ether oxygens (including phenoxy) is 1. The van der Waals surface area contributed by atoms with E-state index in [1.807, 2.05) is 24.3 Å². The number of nitrogens with zero attached hydrogens (tertiary/aromatic N) is 2. The summed E-state index contributed by atoms with van der Waals surface area (Å²) in [5.41, 5.74) is 3.68. The molecule has 0 bridgehead atoms. The Balaban J connectivity index is 1.90. The molecule has 3 rings (SSSR count). The first-order valence-electron chi connectivity index (χ1n) is 7.89. The topological polar surface area (TPSA) is 67.9 Å². The summed E-state index contributed by atoms with van der Waals surface area (Å²) in [4.78, 5) is 23.7. The smallest absolute Gasteiger partial charge is 0.309 e. The van der Waals surface area contributed by atoms with Crippen LogP contribution in [0.4, 0.5) is 0 Å². The summed E-state index contributed by atoms with van der Waals surface area (Å²) in [6.45, 7) is 2.06. The molecule has 0 atom stereocenters. The van der Waals surface area contributed by atoms with E-state index < -0.39 is 0 Å². The third-order valence-electron chi connectivity index (χ3n) is 3.95. The molecule has 1 N–H and O–H groups in total. The first-order valence-corrected chi connectivity index (χ1v) is 9.06. The van der Waals surface area contributed by atoms with Crippen LogP contribution in [0.15, 0.2) is 28.7 Å². The maximum Gasteiger partial charge on any atom is 0.309 e. The van der Waals surface area contributed by atoms with Gasteiger partial charge in [0.25, 0.3) is 0 Å². The molecule has 0 amide bonds. The van der Waals surface area contributed by atoms with Crippen molar-refractivity contribution < 1.29 is 9.53 Å². The van der Waals surface area contributed by atoms with Crippen LogP contribution in [0.1, 0.15) is 29.6 Å². The highest BCUT2D eigenvalue weighted by atomic mass is 79.9. The number of nitrogens with one attached hydrogen (secondary N) is 1. The Bertz CT molecular complexity index is 939. The number of halogens is 2. The minimum absolute atomic E-state index is 0.244. The number of aryl methyl sites for hydroxylation is 1. The lowest BCUT2D eigenvalue weighted by atomic mass is 10.1. The molecule has 2 aromatic heterocycles. The molecule has 0 saturated carbocycles. The van der Waals surface area contributed by atoms with Crippen LogP contribution in [-0.2, 0) is 28.8 Å². The molecular weight excluding hydrogens is 406 g/mol. The molecule has 3 aromatic rings. The quantitative estimate of drug-likeness (QED) is 0.493. The summed E-state index contributed by atoms with van der Waals surface area (Å²) >= 11 is 9.91. The van der Waals surface area contributed by atoms with Gasteiger partial charge in [0, 0.05) is 12.1 Å². The number of esters is 1. The van der Waals surface area contributed by atoms with Crippen LogP contribution in [0.2, 0.25) is 5.15 Å². The van der Waals surface area contributed by atoms with Crippen LogP contribution in [0.5, 0.6) is 0 Å². The third kappa shape index (κ3) is 3.85. The summed E-state index contributed by atoms with van der Waals surface area (Å²) in [6, 6.07) is 7.74. The van der Waals surface area contributed by atoms with Gasteiger partial charge in [-0.1, -0.05) is 42.8 Å². The first-order chi connectivity index (χ1) is 12.0. The fourth-order valence-electron chi connectivity index (χ4n) is 2.70. The number of hydrogen-bond donors (Lipinski definition) is 1. The van der Waals surface area contributed by atoms with Crippen molar-refractivity contribution in [2.24, 2.45) is 0 Å². The normalized spacial score (nSPS) is 11.0. The lowest BCUT2D eigenvalue weighted by Crippen LogP contribution is -2.05. The van der Waals surface area contributed by atoms with Gasteiger partial charge in [-0.15, -0.1) is 0 Å². The zero-order valence-corrected chi connectivity index (χ0v) is 16.2. The fourth-order valence-corrected chi connectivity index (χ4v) is 3.85. The summed E-state index contributed by atoms with van der Waals surface area (Å²) in [5, 5.41) is 1.23. The molecule has 2 heterocycles. The van der Waals surface area contributed by atoms with Crippen LogP contribution in [0.3, 0.4) is 0 Å². The average molecular weight is 423 g/mol. The maximum absolute atomic E-state index is 11.4. The molecule has 0 aliphatic heterocycles. The van der Waals surface area contributed by atoms with Crippen molar-refractivity contribution in [2.45, 2.75) is 26.2 Å². The first kappa shape index (κ1) is 17.9. The Labute approximate surface area is 158 Å². The predicted octanol–water partition coefficient (Wildman–Crippen LogP) is 4.24. The summed E-state index contributed by atoms with van der Waals surface area (Å²) in [7, 11) is 1.39. The summed E-state index contributed by atoms with van der Waals surface area (Å²) in [5.74, 6) is 0.366.